The molecule has 1 saturated heterocycles. The molecule has 0 bridgehead atoms. The van der Waals surface area contributed by atoms with Crippen LogP contribution in [-0.2, 0) is 11.2 Å². The molecule has 3 aromatic carbocycles. The van der Waals surface area contributed by atoms with E-state index in [1.807, 2.05) is 53.6 Å². The van der Waals surface area contributed by atoms with Gasteiger partial charge >= 0.3 is 0 Å². The van der Waals surface area contributed by atoms with Gasteiger partial charge in [-0.05, 0) is 117 Å². The molecule has 1 atom stereocenters. The summed E-state index contributed by atoms with van der Waals surface area (Å²) >= 11 is 1.45. The molecule has 3 heterocycles. The van der Waals surface area contributed by atoms with Crippen molar-refractivity contribution in [1.82, 2.24) is 9.88 Å². The van der Waals surface area contributed by atoms with E-state index in [-0.39, 0.29) is 11.4 Å². The Labute approximate surface area is 252 Å². The van der Waals surface area contributed by atoms with E-state index in [1.54, 1.807) is 7.11 Å². The van der Waals surface area contributed by atoms with Crippen LogP contribution in [0.3, 0.4) is 0 Å². The van der Waals surface area contributed by atoms with Gasteiger partial charge in [-0.1, -0.05) is 31.2 Å². The van der Waals surface area contributed by atoms with Crippen molar-refractivity contribution in [2.24, 2.45) is 4.99 Å². The number of hydrogen-bond acceptors (Lipinski definition) is 5. The third-order valence-electron chi connectivity index (χ3n) is 8.49. The van der Waals surface area contributed by atoms with Crippen LogP contribution in [-0.4, -0.2) is 46.7 Å². The summed E-state index contributed by atoms with van der Waals surface area (Å²) in [6, 6.07) is 22.5. The van der Waals surface area contributed by atoms with Gasteiger partial charge in [0.1, 0.15) is 5.75 Å². The lowest BCUT2D eigenvalue weighted by Gasteiger charge is -2.47. The molecule has 6 nitrogen and oxygen atoms in total. The van der Waals surface area contributed by atoms with Crippen LogP contribution in [0.15, 0.2) is 82.8 Å². The molecule has 216 valence electrons. The van der Waals surface area contributed by atoms with Gasteiger partial charge in [0, 0.05) is 41.4 Å². The Morgan fingerprint density at radius 2 is 1.90 bits per heavy atom. The number of nitrogens with zero attached hydrogens (tertiary/aromatic N) is 3. The number of hydrogen-bond donors (Lipinski definition) is 1. The van der Waals surface area contributed by atoms with Crippen molar-refractivity contribution in [2.45, 2.75) is 52.0 Å². The standard InChI is InChI=1S/C35H38N4O2S/c1-6-39-31-16-11-24(19-29(31)23(2)21-35(39,3)4)20-32-33(40)38(18-17-25-22-36-30-10-8-7-9-28(25)30)34(42-32)37-26-12-14-27(41-5)15-13-26/h7-16,19-20,22-23,36H,6,17-18,21H2,1-5H3/b32-20+,37-34?. The molecule has 1 fully saturated rings. The van der Waals surface area contributed by atoms with E-state index < -0.39 is 0 Å². The normalized spacial score (nSPS) is 20.1. The Morgan fingerprint density at radius 3 is 2.67 bits per heavy atom. The monoisotopic (exact) mass is 578 g/mol. The highest BCUT2D eigenvalue weighted by Crippen LogP contribution is 2.44. The van der Waals surface area contributed by atoms with Gasteiger partial charge < -0.3 is 14.6 Å². The van der Waals surface area contributed by atoms with Crippen LogP contribution in [0.5, 0.6) is 5.75 Å². The Bertz CT molecular complexity index is 1680. The zero-order valence-corrected chi connectivity index (χ0v) is 25.8. The van der Waals surface area contributed by atoms with Gasteiger partial charge in [-0.2, -0.15) is 0 Å². The van der Waals surface area contributed by atoms with Crippen LogP contribution >= 0.6 is 11.8 Å². The predicted molar refractivity (Wildman–Crippen MR) is 176 cm³/mol. The van der Waals surface area contributed by atoms with E-state index in [2.05, 4.69) is 67.9 Å². The van der Waals surface area contributed by atoms with Crippen molar-refractivity contribution < 1.29 is 9.53 Å². The van der Waals surface area contributed by atoms with Crippen molar-refractivity contribution in [2.75, 3.05) is 25.1 Å². The smallest absolute Gasteiger partial charge is 0.266 e. The highest BCUT2D eigenvalue weighted by molar-refractivity contribution is 8.18. The number of fused-ring (bicyclic) bond motifs is 2. The van der Waals surface area contributed by atoms with Crippen LogP contribution in [0.25, 0.3) is 17.0 Å². The summed E-state index contributed by atoms with van der Waals surface area (Å²) in [7, 11) is 1.65. The van der Waals surface area contributed by atoms with Crippen LogP contribution in [0.2, 0.25) is 0 Å². The van der Waals surface area contributed by atoms with E-state index in [4.69, 9.17) is 9.73 Å². The van der Waals surface area contributed by atoms with Crippen molar-refractivity contribution >= 4 is 51.2 Å². The van der Waals surface area contributed by atoms with E-state index in [1.165, 1.54) is 34.0 Å². The lowest BCUT2D eigenvalue weighted by Crippen LogP contribution is -2.48. The fourth-order valence-corrected chi connectivity index (χ4v) is 7.50. The highest BCUT2D eigenvalue weighted by Gasteiger charge is 2.36. The average molecular weight is 579 g/mol. The molecule has 0 saturated carbocycles. The van der Waals surface area contributed by atoms with Gasteiger partial charge in [0.25, 0.3) is 5.91 Å². The summed E-state index contributed by atoms with van der Waals surface area (Å²) < 4.78 is 5.31. The molecule has 1 amide bonds. The van der Waals surface area contributed by atoms with Crippen molar-refractivity contribution in [1.29, 1.82) is 0 Å². The summed E-state index contributed by atoms with van der Waals surface area (Å²) in [5.74, 6) is 1.22. The number of methoxy groups -OCH3 is 1. The molecule has 7 heteroatoms. The number of carbonyl (C=O) groups excluding carboxylic acids is 1. The first-order valence-corrected chi connectivity index (χ1v) is 15.5. The van der Waals surface area contributed by atoms with Crippen molar-refractivity contribution in [3.8, 4) is 5.75 Å². The van der Waals surface area contributed by atoms with Crippen molar-refractivity contribution in [3.05, 3.63) is 94.5 Å². The molecule has 1 aromatic heterocycles. The molecule has 0 aliphatic carbocycles. The number of amidine groups is 1. The number of nitrogens with one attached hydrogen (secondary N) is 1. The number of aromatic amines is 1. The second kappa shape index (κ2) is 11.4. The van der Waals surface area contributed by atoms with Crippen LogP contribution in [0, 0.1) is 0 Å². The predicted octanol–water partition coefficient (Wildman–Crippen LogP) is 8.14. The second-order valence-corrected chi connectivity index (χ2v) is 12.8. The zero-order valence-electron chi connectivity index (χ0n) is 25.0. The fourth-order valence-electron chi connectivity index (χ4n) is 6.48. The van der Waals surface area contributed by atoms with E-state index in [0.717, 1.165) is 41.9 Å². The van der Waals surface area contributed by atoms with Gasteiger partial charge in [0.05, 0.1) is 17.7 Å². The lowest BCUT2D eigenvalue weighted by molar-refractivity contribution is -0.122. The first kappa shape index (κ1) is 28.2. The minimum absolute atomic E-state index is 0.00538. The number of anilines is 1. The molecule has 6 rings (SSSR count). The third-order valence-corrected chi connectivity index (χ3v) is 9.50. The zero-order chi connectivity index (χ0) is 29.4. The molecule has 0 spiro atoms. The Hall–Kier alpha value is -3.97. The molecule has 42 heavy (non-hydrogen) atoms. The maximum Gasteiger partial charge on any atom is 0.266 e. The minimum atomic E-state index is -0.00538. The largest absolute Gasteiger partial charge is 0.497 e. The molecule has 2 aliphatic heterocycles. The summed E-state index contributed by atoms with van der Waals surface area (Å²) in [5, 5.41) is 1.88. The van der Waals surface area contributed by atoms with Gasteiger partial charge in [-0.15, -0.1) is 0 Å². The number of carbonyl (C=O) groups is 1. The topological polar surface area (TPSA) is 60.9 Å². The number of benzene rings is 3. The highest BCUT2D eigenvalue weighted by atomic mass is 32.2. The average Bonchev–Trinajstić information content (AvgIpc) is 3.52. The number of H-pyrrole nitrogens is 1. The number of thioether (sulfide) groups is 1. The molecule has 1 unspecified atom stereocenters. The van der Waals surface area contributed by atoms with Crippen molar-refractivity contribution in [3.63, 3.8) is 0 Å². The van der Waals surface area contributed by atoms with Crippen LogP contribution in [0.1, 0.15) is 56.7 Å². The van der Waals surface area contributed by atoms with Crippen LogP contribution < -0.4 is 9.64 Å². The SMILES string of the molecule is CCN1c2ccc(/C=C3/SC(=Nc4ccc(OC)cc4)N(CCc4c[nH]c5ccccc45)C3=O)cc2C(C)CC1(C)C. The summed E-state index contributed by atoms with van der Waals surface area (Å²) in [4.78, 5) is 27.2. The second-order valence-electron chi connectivity index (χ2n) is 11.7. The summed E-state index contributed by atoms with van der Waals surface area (Å²) in [5.41, 5.74) is 6.91. The quantitative estimate of drug-likeness (QED) is 0.225. The summed E-state index contributed by atoms with van der Waals surface area (Å²) in [6.45, 7) is 10.7. The number of amides is 1. The Balaban J connectivity index is 1.32. The van der Waals surface area contributed by atoms with Gasteiger partial charge in [0.15, 0.2) is 5.17 Å². The Kier molecular flexibility index (Phi) is 7.62. The Morgan fingerprint density at radius 1 is 1.12 bits per heavy atom. The van der Waals surface area contributed by atoms with Gasteiger partial charge in [-0.3, -0.25) is 9.69 Å². The first-order chi connectivity index (χ1) is 20.3. The maximum atomic E-state index is 13.9. The lowest BCUT2D eigenvalue weighted by atomic mass is 9.79. The number of para-hydroxylation sites is 1. The molecule has 1 N–H and O–H groups in total. The van der Waals surface area contributed by atoms with Gasteiger partial charge in [-0.25, -0.2) is 4.99 Å². The molecular formula is C35H38N4O2S. The van der Waals surface area contributed by atoms with Gasteiger partial charge in [0.2, 0.25) is 0 Å². The number of aromatic nitrogens is 1. The first-order valence-electron chi connectivity index (χ1n) is 14.7. The molecule has 2 aliphatic rings. The fraction of sp³-hybridized carbons (Fsp3) is 0.314. The molecule has 0 radical (unpaired) electrons. The number of rotatable bonds is 7. The number of aliphatic imine (C=N–C) groups is 1. The maximum absolute atomic E-state index is 13.9. The van der Waals surface area contributed by atoms with E-state index in [0.29, 0.717) is 22.5 Å². The number of ether oxygens (including phenoxy) is 1. The minimum Gasteiger partial charge on any atom is -0.497 e. The van der Waals surface area contributed by atoms with E-state index >= 15 is 0 Å². The molecular weight excluding hydrogens is 540 g/mol. The third kappa shape index (κ3) is 5.34. The summed E-state index contributed by atoms with van der Waals surface area (Å²) in [6.07, 6.45) is 5.90. The van der Waals surface area contributed by atoms with Crippen LogP contribution in [0.4, 0.5) is 11.4 Å². The molecule has 4 aromatic rings. The van der Waals surface area contributed by atoms with E-state index in [9.17, 15) is 4.79 Å².